The summed E-state index contributed by atoms with van der Waals surface area (Å²) < 4.78 is 12.9. The van der Waals surface area contributed by atoms with Crippen LogP contribution in [-0.2, 0) is 6.42 Å². The van der Waals surface area contributed by atoms with Gasteiger partial charge in [-0.1, -0.05) is 30.3 Å². The number of halogens is 1. The van der Waals surface area contributed by atoms with Gasteiger partial charge in [0.15, 0.2) is 0 Å². The van der Waals surface area contributed by atoms with E-state index in [0.717, 1.165) is 12.0 Å². The first-order valence-electron chi connectivity index (χ1n) is 7.74. The van der Waals surface area contributed by atoms with Crippen molar-refractivity contribution < 1.29 is 9.18 Å². The van der Waals surface area contributed by atoms with Crippen molar-refractivity contribution in [2.75, 3.05) is 5.43 Å². The zero-order valence-electron chi connectivity index (χ0n) is 12.8. The van der Waals surface area contributed by atoms with Gasteiger partial charge in [-0.15, -0.1) is 0 Å². The summed E-state index contributed by atoms with van der Waals surface area (Å²) in [5.74, 6) is -0.539. The summed E-state index contributed by atoms with van der Waals surface area (Å²) in [6.45, 7) is 0. The van der Waals surface area contributed by atoms with E-state index in [2.05, 4.69) is 23.0 Å². The van der Waals surface area contributed by atoms with E-state index < -0.39 is 0 Å². The second kappa shape index (κ2) is 5.81. The normalized spacial score (nSPS) is 11.5. The molecule has 1 amide bonds. The lowest BCUT2D eigenvalue weighted by atomic mass is 10.0. The molecule has 0 bridgehead atoms. The fourth-order valence-corrected chi connectivity index (χ4v) is 3.02. The highest BCUT2D eigenvalue weighted by molar-refractivity contribution is 5.96. The molecule has 0 aromatic heterocycles. The summed E-state index contributed by atoms with van der Waals surface area (Å²) in [7, 11) is 0. The van der Waals surface area contributed by atoms with Crippen molar-refractivity contribution in [2.45, 2.75) is 6.42 Å². The number of amides is 1. The van der Waals surface area contributed by atoms with Gasteiger partial charge in [0.25, 0.3) is 5.91 Å². The van der Waals surface area contributed by atoms with Crippen molar-refractivity contribution in [3.05, 3.63) is 89.2 Å². The van der Waals surface area contributed by atoms with Crippen molar-refractivity contribution in [2.24, 2.45) is 0 Å². The minimum atomic E-state index is -0.315. The smallest absolute Gasteiger partial charge is 0.269 e. The van der Waals surface area contributed by atoms with E-state index in [1.54, 1.807) is 12.1 Å². The van der Waals surface area contributed by atoms with Gasteiger partial charge in [-0.05, 0) is 65.1 Å². The maximum Gasteiger partial charge on any atom is 0.269 e. The molecule has 3 aromatic rings. The molecule has 0 saturated heterocycles. The predicted octanol–water partition coefficient (Wildman–Crippen LogP) is 4.15. The molecule has 0 aliphatic heterocycles. The summed E-state index contributed by atoms with van der Waals surface area (Å²) in [5, 5.41) is 0. The molecule has 1 aliphatic carbocycles. The molecule has 4 rings (SSSR count). The first-order valence-corrected chi connectivity index (χ1v) is 7.74. The van der Waals surface area contributed by atoms with Crippen LogP contribution in [0.3, 0.4) is 0 Å². The molecule has 4 heteroatoms. The number of hydrogen-bond donors (Lipinski definition) is 2. The summed E-state index contributed by atoms with van der Waals surface area (Å²) in [5.41, 5.74) is 11.5. The number of benzene rings is 3. The molecule has 3 nitrogen and oxygen atoms in total. The van der Waals surface area contributed by atoms with Gasteiger partial charge in [-0.25, -0.2) is 4.39 Å². The molecule has 0 fully saturated rings. The number of hydrazine groups is 1. The average molecular weight is 318 g/mol. The molecule has 0 heterocycles. The average Bonchev–Trinajstić information content (AvgIpc) is 2.98. The summed E-state index contributed by atoms with van der Waals surface area (Å²) >= 11 is 0. The van der Waals surface area contributed by atoms with E-state index in [-0.39, 0.29) is 11.7 Å². The van der Waals surface area contributed by atoms with E-state index in [4.69, 9.17) is 0 Å². The Labute approximate surface area is 139 Å². The van der Waals surface area contributed by atoms with Gasteiger partial charge in [-0.3, -0.25) is 15.6 Å². The molecule has 2 N–H and O–H groups in total. The predicted molar refractivity (Wildman–Crippen MR) is 92.2 cm³/mol. The van der Waals surface area contributed by atoms with Crippen LogP contribution in [0.15, 0.2) is 66.7 Å². The highest BCUT2D eigenvalue weighted by atomic mass is 19.1. The zero-order valence-corrected chi connectivity index (χ0v) is 12.8. The maximum absolute atomic E-state index is 12.9. The number of fused-ring (bicyclic) bond motifs is 3. The molecular weight excluding hydrogens is 303 g/mol. The molecule has 24 heavy (non-hydrogen) atoms. The van der Waals surface area contributed by atoms with Crippen LogP contribution in [0.4, 0.5) is 10.1 Å². The molecular formula is C20H15FN2O. The number of carbonyl (C=O) groups excluding carboxylic acids is 1. The Bertz CT molecular complexity index is 919. The van der Waals surface area contributed by atoms with Crippen molar-refractivity contribution in [3.8, 4) is 11.1 Å². The standard InChI is InChI=1S/C20H15FN2O/c21-16-6-8-17(9-7-16)22-23-20(24)14-5-10-19-15(12-14)11-13-3-1-2-4-18(13)19/h1-10,12,22H,11H2,(H,23,24). The molecule has 1 aliphatic rings. The van der Waals surface area contributed by atoms with Gasteiger partial charge in [0.2, 0.25) is 0 Å². The Kier molecular flexibility index (Phi) is 3.50. The largest absolute Gasteiger partial charge is 0.298 e. The van der Waals surface area contributed by atoms with Crippen LogP contribution in [-0.4, -0.2) is 5.91 Å². The number of nitrogens with one attached hydrogen (secondary N) is 2. The van der Waals surface area contributed by atoms with Crippen molar-refractivity contribution in [3.63, 3.8) is 0 Å². The second-order valence-corrected chi connectivity index (χ2v) is 5.79. The summed E-state index contributed by atoms with van der Waals surface area (Å²) in [6.07, 6.45) is 0.845. The van der Waals surface area contributed by atoms with E-state index >= 15 is 0 Å². The third-order valence-electron chi connectivity index (χ3n) is 4.22. The number of rotatable bonds is 3. The fourth-order valence-electron chi connectivity index (χ4n) is 3.02. The second-order valence-electron chi connectivity index (χ2n) is 5.79. The van der Waals surface area contributed by atoms with E-state index in [0.29, 0.717) is 11.3 Å². The number of anilines is 1. The first-order chi connectivity index (χ1) is 11.7. The van der Waals surface area contributed by atoms with Gasteiger partial charge in [0, 0.05) is 5.56 Å². The van der Waals surface area contributed by atoms with Crippen LogP contribution in [0.5, 0.6) is 0 Å². The molecule has 0 radical (unpaired) electrons. The molecule has 0 spiro atoms. The van der Waals surface area contributed by atoms with Gasteiger partial charge in [0.05, 0.1) is 5.69 Å². The maximum atomic E-state index is 12.9. The Morgan fingerprint density at radius 3 is 2.46 bits per heavy atom. The van der Waals surface area contributed by atoms with Crippen molar-refractivity contribution in [1.82, 2.24) is 5.43 Å². The quantitative estimate of drug-likeness (QED) is 0.557. The Balaban J connectivity index is 1.50. The Morgan fingerprint density at radius 2 is 1.62 bits per heavy atom. The lowest BCUT2D eigenvalue weighted by Gasteiger charge is -2.09. The molecule has 118 valence electrons. The van der Waals surface area contributed by atoms with Gasteiger partial charge in [-0.2, -0.15) is 0 Å². The van der Waals surface area contributed by atoms with E-state index in [9.17, 15) is 9.18 Å². The Hall–Kier alpha value is -3.14. The third kappa shape index (κ3) is 2.63. The minimum Gasteiger partial charge on any atom is -0.298 e. The van der Waals surface area contributed by atoms with Gasteiger partial charge in [0.1, 0.15) is 5.82 Å². The van der Waals surface area contributed by atoms with Crippen LogP contribution in [0, 0.1) is 5.82 Å². The first kappa shape index (κ1) is 14.5. The van der Waals surface area contributed by atoms with Crippen LogP contribution < -0.4 is 10.9 Å². The van der Waals surface area contributed by atoms with Crippen LogP contribution >= 0.6 is 0 Å². The Morgan fingerprint density at radius 1 is 0.875 bits per heavy atom. The molecule has 0 saturated carbocycles. The fraction of sp³-hybridized carbons (Fsp3) is 0.0500. The van der Waals surface area contributed by atoms with E-state index in [1.165, 1.54) is 28.8 Å². The number of carbonyl (C=O) groups is 1. The third-order valence-corrected chi connectivity index (χ3v) is 4.22. The lowest BCUT2D eigenvalue weighted by Crippen LogP contribution is -2.29. The van der Waals surface area contributed by atoms with Gasteiger partial charge >= 0.3 is 0 Å². The monoisotopic (exact) mass is 318 g/mol. The van der Waals surface area contributed by atoms with Gasteiger partial charge < -0.3 is 0 Å². The zero-order chi connectivity index (χ0) is 16.5. The summed E-state index contributed by atoms with van der Waals surface area (Å²) in [4.78, 5) is 12.3. The molecule has 0 unspecified atom stereocenters. The van der Waals surface area contributed by atoms with E-state index in [1.807, 2.05) is 30.3 Å². The highest BCUT2D eigenvalue weighted by Gasteiger charge is 2.19. The molecule has 3 aromatic carbocycles. The lowest BCUT2D eigenvalue weighted by molar-refractivity contribution is 0.0962. The molecule has 0 atom stereocenters. The number of hydrogen-bond acceptors (Lipinski definition) is 2. The topological polar surface area (TPSA) is 41.1 Å². The van der Waals surface area contributed by atoms with Crippen LogP contribution in [0.25, 0.3) is 11.1 Å². The minimum absolute atomic E-state index is 0.224. The van der Waals surface area contributed by atoms with Crippen LogP contribution in [0.1, 0.15) is 21.5 Å². The van der Waals surface area contributed by atoms with Crippen LogP contribution in [0.2, 0.25) is 0 Å². The SMILES string of the molecule is O=C(NNc1ccc(F)cc1)c1ccc2c(c1)Cc1ccccc1-2. The van der Waals surface area contributed by atoms with Crippen molar-refractivity contribution >= 4 is 11.6 Å². The van der Waals surface area contributed by atoms with Crippen molar-refractivity contribution in [1.29, 1.82) is 0 Å². The highest BCUT2D eigenvalue weighted by Crippen LogP contribution is 2.36. The summed E-state index contributed by atoms with van der Waals surface area (Å²) in [6, 6.07) is 19.8.